The van der Waals surface area contributed by atoms with Gasteiger partial charge in [-0.2, -0.15) is 0 Å². The first kappa shape index (κ1) is 19.3. The fourth-order valence-corrected chi connectivity index (χ4v) is 2.40. The Morgan fingerprint density at radius 1 is 0.808 bits per heavy atom. The minimum Gasteiger partial charge on any atom is -0.508 e. The van der Waals surface area contributed by atoms with E-state index in [9.17, 15) is 19.8 Å². The fraction of sp³-hybridized carbons (Fsp3) is 0.300. The van der Waals surface area contributed by atoms with Crippen LogP contribution >= 0.6 is 0 Å². The molecule has 6 heteroatoms. The fourth-order valence-electron chi connectivity index (χ4n) is 2.40. The highest BCUT2D eigenvalue weighted by atomic mass is 16.3. The number of nitrogens with one attached hydrogen (secondary N) is 2. The molecule has 2 amide bonds. The molecule has 0 spiro atoms. The van der Waals surface area contributed by atoms with Crippen molar-refractivity contribution < 1.29 is 19.8 Å². The summed E-state index contributed by atoms with van der Waals surface area (Å²) in [6.45, 7) is 6.81. The Hall–Kier alpha value is -3.02. The molecule has 2 rings (SSSR count). The quantitative estimate of drug-likeness (QED) is 0.619. The van der Waals surface area contributed by atoms with Crippen LogP contribution in [0.2, 0.25) is 0 Å². The number of rotatable bonds is 5. The van der Waals surface area contributed by atoms with Crippen LogP contribution in [0, 0.1) is 0 Å². The first-order valence-electron chi connectivity index (χ1n) is 8.37. The van der Waals surface area contributed by atoms with Gasteiger partial charge < -0.3 is 20.8 Å². The Morgan fingerprint density at radius 3 is 1.73 bits per heavy atom. The van der Waals surface area contributed by atoms with Crippen LogP contribution in [-0.4, -0.2) is 35.1 Å². The number of phenolic OH excluding ortho intramolecular Hbond substituents is 2. The highest BCUT2D eigenvalue weighted by Crippen LogP contribution is 2.22. The molecule has 0 unspecified atom stereocenters. The average Bonchev–Trinajstić information content (AvgIpc) is 2.56. The van der Waals surface area contributed by atoms with E-state index in [2.05, 4.69) is 31.4 Å². The molecule has 0 radical (unpaired) electrons. The topological polar surface area (TPSA) is 98.7 Å². The normalized spacial score (nSPS) is 11.0. The molecule has 0 aliphatic rings. The second-order valence-corrected chi connectivity index (χ2v) is 7.08. The van der Waals surface area contributed by atoms with Crippen LogP contribution in [0.4, 0.5) is 0 Å². The number of carbonyl (C=O) groups excluding carboxylic acids is 2. The number of aromatic hydroxyl groups is 2. The van der Waals surface area contributed by atoms with Gasteiger partial charge in [0, 0.05) is 30.3 Å². The van der Waals surface area contributed by atoms with Crippen LogP contribution in [0.3, 0.4) is 0 Å². The maximum atomic E-state index is 12.1. The summed E-state index contributed by atoms with van der Waals surface area (Å²) in [5.74, 6) is -1.04. The lowest BCUT2D eigenvalue weighted by atomic mass is 9.87. The molecule has 0 heterocycles. The molecule has 0 aliphatic carbocycles. The van der Waals surface area contributed by atoms with Crippen LogP contribution in [0.5, 0.6) is 11.5 Å². The van der Waals surface area contributed by atoms with Gasteiger partial charge in [0.25, 0.3) is 11.8 Å². The third-order valence-electron chi connectivity index (χ3n) is 3.87. The zero-order chi connectivity index (χ0) is 19.3. The second kappa shape index (κ2) is 7.91. The summed E-state index contributed by atoms with van der Waals surface area (Å²) < 4.78 is 0. The maximum Gasteiger partial charge on any atom is 0.251 e. The van der Waals surface area contributed by atoms with Crippen LogP contribution in [-0.2, 0) is 5.41 Å². The Kier molecular flexibility index (Phi) is 5.87. The van der Waals surface area contributed by atoms with Crippen molar-refractivity contribution >= 4 is 11.8 Å². The molecule has 0 atom stereocenters. The molecule has 0 saturated carbocycles. The molecular weight excluding hydrogens is 332 g/mol. The monoisotopic (exact) mass is 356 g/mol. The van der Waals surface area contributed by atoms with Crippen LogP contribution in [0.1, 0.15) is 47.1 Å². The number of carbonyl (C=O) groups is 2. The molecule has 26 heavy (non-hydrogen) atoms. The van der Waals surface area contributed by atoms with Gasteiger partial charge in [-0.25, -0.2) is 0 Å². The number of hydrogen-bond donors (Lipinski definition) is 4. The van der Waals surface area contributed by atoms with Gasteiger partial charge in [-0.3, -0.25) is 9.59 Å². The average molecular weight is 356 g/mol. The summed E-state index contributed by atoms with van der Waals surface area (Å²) in [6.07, 6.45) is 0. The molecule has 138 valence electrons. The summed E-state index contributed by atoms with van der Waals surface area (Å²) in [4.78, 5) is 24.1. The zero-order valence-corrected chi connectivity index (χ0v) is 15.2. The second-order valence-electron chi connectivity index (χ2n) is 7.08. The van der Waals surface area contributed by atoms with E-state index in [1.807, 2.05) is 12.1 Å². The number of amides is 2. The van der Waals surface area contributed by atoms with E-state index in [0.29, 0.717) is 5.56 Å². The predicted octanol–water partition coefficient (Wildman–Crippen LogP) is 2.56. The van der Waals surface area contributed by atoms with Crippen molar-refractivity contribution in [1.82, 2.24) is 10.6 Å². The molecule has 4 N–H and O–H groups in total. The molecule has 0 aliphatic heterocycles. The van der Waals surface area contributed by atoms with Crippen LogP contribution in [0.15, 0.2) is 42.5 Å². The number of phenols is 2. The molecule has 0 aromatic heterocycles. The Balaban J connectivity index is 1.82. The molecule has 6 nitrogen and oxygen atoms in total. The molecule has 0 saturated heterocycles. The Bertz CT molecular complexity index is 772. The number of hydrogen-bond acceptors (Lipinski definition) is 4. The SMILES string of the molecule is CC(C)(C)c1ccc(C(=O)NCCNC(=O)c2cc(O)cc(O)c2)cc1. The van der Waals surface area contributed by atoms with Gasteiger partial charge in [0.1, 0.15) is 11.5 Å². The van der Waals surface area contributed by atoms with Crippen molar-refractivity contribution in [2.45, 2.75) is 26.2 Å². The molecular formula is C20H24N2O4. The summed E-state index contributed by atoms with van der Waals surface area (Å²) in [6, 6.07) is 11.1. The van der Waals surface area contributed by atoms with Crippen molar-refractivity contribution in [3.05, 3.63) is 59.2 Å². The zero-order valence-electron chi connectivity index (χ0n) is 15.2. The standard InChI is InChI=1S/C20H24N2O4/c1-20(2,3)15-6-4-13(5-7-15)18(25)21-8-9-22-19(26)14-10-16(23)12-17(24)11-14/h4-7,10-12,23-24H,8-9H2,1-3H3,(H,21,25)(H,22,26). The van der Waals surface area contributed by atoms with Gasteiger partial charge in [0.05, 0.1) is 0 Å². The molecule has 0 bridgehead atoms. The van der Waals surface area contributed by atoms with Crippen molar-refractivity contribution in [2.24, 2.45) is 0 Å². The highest BCUT2D eigenvalue weighted by Gasteiger charge is 2.14. The largest absolute Gasteiger partial charge is 0.508 e. The molecule has 0 fully saturated rings. The Morgan fingerprint density at radius 2 is 1.27 bits per heavy atom. The van der Waals surface area contributed by atoms with Gasteiger partial charge >= 0.3 is 0 Å². The summed E-state index contributed by atoms with van der Waals surface area (Å²) in [5.41, 5.74) is 1.88. The maximum absolute atomic E-state index is 12.1. The van der Waals surface area contributed by atoms with Crippen LogP contribution in [0.25, 0.3) is 0 Å². The van der Waals surface area contributed by atoms with Crippen molar-refractivity contribution in [3.8, 4) is 11.5 Å². The Labute approximate surface area is 152 Å². The van der Waals surface area contributed by atoms with E-state index in [0.717, 1.165) is 11.6 Å². The summed E-state index contributed by atoms with van der Waals surface area (Å²) >= 11 is 0. The summed E-state index contributed by atoms with van der Waals surface area (Å²) in [7, 11) is 0. The van der Waals surface area contributed by atoms with E-state index in [-0.39, 0.29) is 41.5 Å². The van der Waals surface area contributed by atoms with Gasteiger partial charge in [-0.15, -0.1) is 0 Å². The summed E-state index contributed by atoms with van der Waals surface area (Å²) in [5, 5.41) is 24.1. The van der Waals surface area contributed by atoms with E-state index >= 15 is 0 Å². The van der Waals surface area contributed by atoms with Gasteiger partial charge in [-0.1, -0.05) is 32.9 Å². The van der Waals surface area contributed by atoms with E-state index in [4.69, 9.17) is 0 Å². The minimum atomic E-state index is -0.444. The number of benzene rings is 2. The van der Waals surface area contributed by atoms with Crippen molar-refractivity contribution in [1.29, 1.82) is 0 Å². The molecule has 2 aromatic carbocycles. The smallest absolute Gasteiger partial charge is 0.251 e. The lowest BCUT2D eigenvalue weighted by molar-refractivity contribution is 0.0927. The van der Waals surface area contributed by atoms with Crippen LogP contribution < -0.4 is 10.6 Å². The highest BCUT2D eigenvalue weighted by molar-refractivity contribution is 5.95. The molecule has 2 aromatic rings. The van der Waals surface area contributed by atoms with Gasteiger partial charge in [0.2, 0.25) is 0 Å². The first-order valence-corrected chi connectivity index (χ1v) is 8.37. The van der Waals surface area contributed by atoms with Gasteiger partial charge in [0.15, 0.2) is 0 Å². The third kappa shape index (κ3) is 5.24. The first-order chi connectivity index (χ1) is 12.2. The van der Waals surface area contributed by atoms with E-state index < -0.39 is 5.91 Å². The third-order valence-corrected chi connectivity index (χ3v) is 3.87. The lowest BCUT2D eigenvalue weighted by Gasteiger charge is -2.19. The minimum absolute atomic E-state index is 0.0274. The van der Waals surface area contributed by atoms with E-state index in [1.54, 1.807) is 12.1 Å². The van der Waals surface area contributed by atoms with Crippen molar-refractivity contribution in [2.75, 3.05) is 13.1 Å². The van der Waals surface area contributed by atoms with E-state index in [1.165, 1.54) is 12.1 Å². The predicted molar refractivity (Wildman–Crippen MR) is 99.6 cm³/mol. The van der Waals surface area contributed by atoms with Crippen molar-refractivity contribution in [3.63, 3.8) is 0 Å². The lowest BCUT2D eigenvalue weighted by Crippen LogP contribution is -2.34. The van der Waals surface area contributed by atoms with Gasteiger partial charge in [-0.05, 0) is 35.2 Å².